The van der Waals surface area contributed by atoms with E-state index in [1.807, 2.05) is 36.4 Å². The lowest BCUT2D eigenvalue weighted by molar-refractivity contribution is 0.981. The van der Waals surface area contributed by atoms with E-state index in [4.69, 9.17) is 16.6 Å². The fourth-order valence-corrected chi connectivity index (χ4v) is 2.71. The number of aromatic nitrogens is 2. The summed E-state index contributed by atoms with van der Waals surface area (Å²) in [6.07, 6.45) is 3.16. The molecule has 1 aliphatic rings. The largest absolute Gasteiger partial charge is 0.367 e. The first-order valence-electron chi connectivity index (χ1n) is 7.54. The van der Waals surface area contributed by atoms with Crippen LogP contribution in [0.15, 0.2) is 48.5 Å². The van der Waals surface area contributed by atoms with Gasteiger partial charge >= 0.3 is 0 Å². The summed E-state index contributed by atoms with van der Waals surface area (Å²) in [5, 5.41) is 5.25. The summed E-state index contributed by atoms with van der Waals surface area (Å²) in [4.78, 5) is 9.42. The SMILES string of the molecule is Clc1ccc2c(NC3CC3)nc(Cc3ccccc3)nc2c1. The highest BCUT2D eigenvalue weighted by molar-refractivity contribution is 6.31. The van der Waals surface area contributed by atoms with E-state index in [1.54, 1.807) is 0 Å². The van der Waals surface area contributed by atoms with Crippen LogP contribution in [0.1, 0.15) is 24.2 Å². The second-order valence-electron chi connectivity index (χ2n) is 5.73. The molecular formula is C18H16ClN3. The summed E-state index contributed by atoms with van der Waals surface area (Å²) < 4.78 is 0. The maximum absolute atomic E-state index is 6.12. The van der Waals surface area contributed by atoms with Gasteiger partial charge in [-0.2, -0.15) is 0 Å². The number of fused-ring (bicyclic) bond motifs is 1. The van der Waals surface area contributed by atoms with Crippen LogP contribution in [0.2, 0.25) is 5.02 Å². The van der Waals surface area contributed by atoms with E-state index >= 15 is 0 Å². The molecule has 0 aliphatic heterocycles. The van der Waals surface area contributed by atoms with Crippen molar-refractivity contribution >= 4 is 28.3 Å². The molecule has 110 valence electrons. The van der Waals surface area contributed by atoms with E-state index in [0.29, 0.717) is 11.1 Å². The first-order valence-corrected chi connectivity index (χ1v) is 7.92. The molecule has 4 heteroatoms. The molecule has 2 aromatic carbocycles. The van der Waals surface area contributed by atoms with Crippen LogP contribution in [0.3, 0.4) is 0 Å². The van der Waals surface area contributed by atoms with Crippen LogP contribution in [0.5, 0.6) is 0 Å². The fraction of sp³-hybridized carbons (Fsp3) is 0.222. The van der Waals surface area contributed by atoms with Crippen molar-refractivity contribution in [1.29, 1.82) is 0 Å². The first-order chi connectivity index (χ1) is 10.8. The third kappa shape index (κ3) is 2.90. The summed E-state index contributed by atoms with van der Waals surface area (Å²) in [6.45, 7) is 0. The fourth-order valence-electron chi connectivity index (χ4n) is 2.54. The number of nitrogens with one attached hydrogen (secondary N) is 1. The van der Waals surface area contributed by atoms with Crippen LogP contribution in [0.4, 0.5) is 5.82 Å². The molecular weight excluding hydrogens is 294 g/mol. The summed E-state index contributed by atoms with van der Waals surface area (Å²) in [5.74, 6) is 1.75. The van der Waals surface area contributed by atoms with E-state index in [2.05, 4.69) is 22.4 Å². The molecule has 0 bridgehead atoms. The quantitative estimate of drug-likeness (QED) is 0.774. The average Bonchev–Trinajstić information content (AvgIpc) is 3.32. The molecule has 1 aromatic heterocycles. The van der Waals surface area contributed by atoms with Crippen molar-refractivity contribution in [2.75, 3.05) is 5.32 Å². The van der Waals surface area contributed by atoms with Gasteiger partial charge in [-0.05, 0) is 36.6 Å². The van der Waals surface area contributed by atoms with Crippen molar-refractivity contribution in [1.82, 2.24) is 9.97 Å². The Labute approximate surface area is 134 Å². The molecule has 1 aliphatic carbocycles. The third-order valence-corrected chi connectivity index (χ3v) is 4.06. The minimum atomic E-state index is 0.554. The Morgan fingerprint density at radius 2 is 1.86 bits per heavy atom. The van der Waals surface area contributed by atoms with Crippen molar-refractivity contribution in [3.8, 4) is 0 Å². The number of hydrogen-bond acceptors (Lipinski definition) is 3. The molecule has 1 heterocycles. The number of nitrogens with zero attached hydrogens (tertiary/aromatic N) is 2. The van der Waals surface area contributed by atoms with Crippen molar-refractivity contribution in [2.24, 2.45) is 0 Å². The molecule has 22 heavy (non-hydrogen) atoms. The molecule has 0 saturated heterocycles. The molecule has 0 spiro atoms. The van der Waals surface area contributed by atoms with Gasteiger partial charge in [0, 0.05) is 22.9 Å². The lowest BCUT2D eigenvalue weighted by Crippen LogP contribution is -2.07. The zero-order valence-corrected chi connectivity index (χ0v) is 12.8. The van der Waals surface area contributed by atoms with Gasteiger partial charge in [0.25, 0.3) is 0 Å². The van der Waals surface area contributed by atoms with E-state index < -0.39 is 0 Å². The van der Waals surface area contributed by atoms with Crippen molar-refractivity contribution in [2.45, 2.75) is 25.3 Å². The van der Waals surface area contributed by atoms with Crippen LogP contribution < -0.4 is 5.32 Å². The monoisotopic (exact) mass is 309 g/mol. The second kappa shape index (κ2) is 5.58. The van der Waals surface area contributed by atoms with Gasteiger partial charge in [0.15, 0.2) is 0 Å². The highest BCUT2D eigenvalue weighted by atomic mass is 35.5. The number of hydrogen-bond donors (Lipinski definition) is 1. The maximum Gasteiger partial charge on any atom is 0.137 e. The van der Waals surface area contributed by atoms with Crippen LogP contribution in [0.25, 0.3) is 10.9 Å². The van der Waals surface area contributed by atoms with Gasteiger partial charge in [0.1, 0.15) is 11.6 Å². The molecule has 3 nitrogen and oxygen atoms in total. The van der Waals surface area contributed by atoms with Gasteiger partial charge in [0.2, 0.25) is 0 Å². The molecule has 1 N–H and O–H groups in total. The van der Waals surface area contributed by atoms with Crippen molar-refractivity contribution < 1.29 is 0 Å². The highest BCUT2D eigenvalue weighted by Crippen LogP contribution is 2.29. The van der Waals surface area contributed by atoms with Gasteiger partial charge in [-0.1, -0.05) is 41.9 Å². The number of halogens is 1. The zero-order valence-electron chi connectivity index (χ0n) is 12.1. The highest BCUT2D eigenvalue weighted by Gasteiger charge is 2.22. The Morgan fingerprint density at radius 3 is 2.64 bits per heavy atom. The third-order valence-electron chi connectivity index (χ3n) is 3.83. The van der Waals surface area contributed by atoms with Crippen LogP contribution in [0, 0.1) is 0 Å². The molecule has 3 aromatic rings. The zero-order chi connectivity index (χ0) is 14.9. The maximum atomic E-state index is 6.12. The Hall–Kier alpha value is -2.13. The Kier molecular flexibility index (Phi) is 3.43. The Balaban J connectivity index is 1.77. The summed E-state index contributed by atoms with van der Waals surface area (Å²) >= 11 is 6.12. The van der Waals surface area contributed by atoms with E-state index in [1.165, 1.54) is 18.4 Å². The van der Waals surface area contributed by atoms with Crippen LogP contribution >= 0.6 is 11.6 Å². The van der Waals surface area contributed by atoms with Crippen molar-refractivity contribution in [3.05, 3.63) is 64.9 Å². The van der Waals surface area contributed by atoms with Crippen LogP contribution in [-0.2, 0) is 6.42 Å². The van der Waals surface area contributed by atoms with Gasteiger partial charge in [-0.25, -0.2) is 9.97 Å². The minimum Gasteiger partial charge on any atom is -0.367 e. The van der Waals surface area contributed by atoms with Gasteiger partial charge < -0.3 is 5.32 Å². The smallest absolute Gasteiger partial charge is 0.137 e. The van der Waals surface area contributed by atoms with Gasteiger partial charge in [-0.3, -0.25) is 0 Å². The minimum absolute atomic E-state index is 0.554. The molecule has 0 unspecified atom stereocenters. The average molecular weight is 310 g/mol. The molecule has 0 radical (unpaired) electrons. The van der Waals surface area contributed by atoms with E-state index in [0.717, 1.165) is 29.0 Å². The molecule has 1 saturated carbocycles. The van der Waals surface area contributed by atoms with E-state index in [9.17, 15) is 0 Å². The normalized spacial score (nSPS) is 14.2. The summed E-state index contributed by atoms with van der Waals surface area (Å²) in [6, 6.07) is 16.6. The first kappa shape index (κ1) is 13.5. The molecule has 0 atom stereocenters. The Bertz CT molecular complexity index is 813. The summed E-state index contributed by atoms with van der Waals surface area (Å²) in [5.41, 5.74) is 2.11. The predicted octanol–water partition coefficient (Wildman–Crippen LogP) is 4.45. The van der Waals surface area contributed by atoms with Gasteiger partial charge in [-0.15, -0.1) is 0 Å². The second-order valence-corrected chi connectivity index (χ2v) is 6.17. The topological polar surface area (TPSA) is 37.8 Å². The van der Waals surface area contributed by atoms with Crippen LogP contribution in [-0.4, -0.2) is 16.0 Å². The number of rotatable bonds is 4. The summed E-state index contributed by atoms with van der Waals surface area (Å²) in [7, 11) is 0. The lowest BCUT2D eigenvalue weighted by Gasteiger charge is -2.10. The van der Waals surface area contributed by atoms with E-state index in [-0.39, 0.29) is 0 Å². The lowest BCUT2D eigenvalue weighted by atomic mass is 10.1. The van der Waals surface area contributed by atoms with Crippen molar-refractivity contribution in [3.63, 3.8) is 0 Å². The molecule has 4 rings (SSSR count). The number of benzene rings is 2. The molecule has 0 amide bonds. The van der Waals surface area contributed by atoms with Gasteiger partial charge in [0.05, 0.1) is 5.52 Å². The number of anilines is 1. The molecule has 1 fully saturated rings. The predicted molar refractivity (Wildman–Crippen MR) is 90.4 cm³/mol. The standard InChI is InChI=1S/C18H16ClN3/c19-13-6-9-15-16(11-13)21-17(10-12-4-2-1-3-5-12)22-18(15)20-14-7-8-14/h1-6,9,11,14H,7-8,10H2,(H,20,21,22). The Morgan fingerprint density at radius 1 is 1.05 bits per heavy atom.